The SMILES string of the molecule is COc1ccc(O)c(C2C3=CCC4C(=O)N(Cc5ccccc5)C(=O)C4C3CC3(Cl)C(=O)N(c4c(F)c(F)c(F)c(F)c4F)C(=O)C23Cl)c1. The van der Waals surface area contributed by atoms with E-state index in [2.05, 4.69) is 0 Å². The van der Waals surface area contributed by atoms with E-state index in [1.165, 1.54) is 25.3 Å². The van der Waals surface area contributed by atoms with E-state index >= 15 is 8.78 Å². The van der Waals surface area contributed by atoms with Crippen LogP contribution in [0.5, 0.6) is 11.5 Å². The molecule has 0 radical (unpaired) electrons. The lowest BCUT2D eigenvalue weighted by Crippen LogP contribution is -2.60. The van der Waals surface area contributed by atoms with E-state index in [-0.39, 0.29) is 34.8 Å². The maximum atomic E-state index is 15.2. The number of rotatable bonds is 5. The van der Waals surface area contributed by atoms with E-state index in [0.29, 0.717) is 5.56 Å². The van der Waals surface area contributed by atoms with Gasteiger partial charge in [-0.2, -0.15) is 0 Å². The highest BCUT2D eigenvalue weighted by atomic mass is 35.5. The Labute approximate surface area is 284 Å². The average Bonchev–Trinajstić information content (AvgIpc) is 3.41. The molecule has 6 atom stereocenters. The van der Waals surface area contributed by atoms with Crippen molar-refractivity contribution in [2.75, 3.05) is 12.0 Å². The minimum Gasteiger partial charge on any atom is -0.508 e. The van der Waals surface area contributed by atoms with Gasteiger partial charge in [0.2, 0.25) is 17.6 Å². The number of imide groups is 2. The lowest BCUT2D eigenvalue weighted by atomic mass is 9.56. The Morgan fingerprint density at radius 2 is 1.49 bits per heavy atom. The highest BCUT2D eigenvalue weighted by molar-refractivity contribution is 6.58. The first-order chi connectivity index (χ1) is 23.2. The summed E-state index contributed by atoms with van der Waals surface area (Å²) in [5.74, 6) is -21.9. The number of benzene rings is 3. The molecule has 1 N–H and O–H groups in total. The van der Waals surface area contributed by atoms with E-state index in [4.69, 9.17) is 27.9 Å². The van der Waals surface area contributed by atoms with Crippen molar-refractivity contribution in [3.63, 3.8) is 0 Å². The van der Waals surface area contributed by atoms with Gasteiger partial charge in [0.05, 0.1) is 25.5 Å². The van der Waals surface area contributed by atoms with Gasteiger partial charge in [-0.3, -0.25) is 24.1 Å². The maximum Gasteiger partial charge on any atom is 0.258 e. The second kappa shape index (κ2) is 11.3. The minimum absolute atomic E-state index is 0.0284. The van der Waals surface area contributed by atoms with Crippen LogP contribution < -0.4 is 9.64 Å². The van der Waals surface area contributed by atoms with Crippen LogP contribution in [0.15, 0.2) is 60.2 Å². The number of anilines is 1. The molecule has 4 amide bonds. The van der Waals surface area contributed by atoms with Gasteiger partial charge in [0, 0.05) is 11.5 Å². The second-order valence-electron chi connectivity index (χ2n) is 12.4. The van der Waals surface area contributed by atoms with Gasteiger partial charge in [0.1, 0.15) is 17.2 Å². The lowest BCUT2D eigenvalue weighted by molar-refractivity contribution is -0.141. The standard InChI is InChI=1S/C34H23Cl2F5N2O6/c1-49-15-7-10-20(44)18(11-15)22-16-8-9-17-21(30(46)42(29(17)45)13-14-5-3-2-4-6-14)19(16)12-33(35)31(47)43(32(48)34(22,33)36)28-26(40)24(38)23(37)25(39)27(28)41/h2-8,10-11,17,19,21-22,44H,9,12-13H2,1H3. The summed E-state index contributed by atoms with van der Waals surface area (Å²) in [5.41, 5.74) is -1.17. The van der Waals surface area contributed by atoms with E-state index in [1.54, 1.807) is 36.4 Å². The molecule has 2 aliphatic heterocycles. The molecule has 2 heterocycles. The highest BCUT2D eigenvalue weighted by Gasteiger charge is 2.77. The third-order valence-corrected chi connectivity index (χ3v) is 11.5. The number of methoxy groups -OCH3 is 1. The van der Waals surface area contributed by atoms with Gasteiger partial charge in [-0.1, -0.05) is 42.0 Å². The Kier molecular flexibility index (Phi) is 7.60. The Hall–Kier alpha value is -4.49. The number of aromatic hydroxyl groups is 1. The number of hydrogen-bond donors (Lipinski definition) is 1. The molecule has 6 unspecified atom stereocenters. The van der Waals surface area contributed by atoms with Gasteiger partial charge in [-0.25, -0.2) is 26.9 Å². The predicted octanol–water partition coefficient (Wildman–Crippen LogP) is 5.86. The first-order valence-corrected chi connectivity index (χ1v) is 15.7. The molecule has 3 aromatic rings. The Bertz CT molecular complexity index is 2000. The summed E-state index contributed by atoms with van der Waals surface area (Å²) in [6, 6.07) is 12.5. The molecule has 0 bridgehead atoms. The number of amides is 4. The van der Waals surface area contributed by atoms with Gasteiger partial charge in [0.15, 0.2) is 33.0 Å². The van der Waals surface area contributed by atoms with Crippen LogP contribution in [0.2, 0.25) is 0 Å². The third kappa shape index (κ3) is 4.33. The molecule has 15 heteroatoms. The summed E-state index contributed by atoms with van der Waals surface area (Å²) in [7, 11) is 1.30. The Morgan fingerprint density at radius 3 is 2.12 bits per heavy atom. The lowest BCUT2D eigenvalue weighted by Gasteiger charge is -2.50. The van der Waals surface area contributed by atoms with E-state index in [1.807, 2.05) is 0 Å². The molecule has 4 aliphatic rings. The number of nitrogens with zero attached hydrogens (tertiary/aromatic N) is 2. The summed E-state index contributed by atoms with van der Waals surface area (Å²) in [4.78, 5) is 51.7. The molecular weight excluding hydrogens is 698 g/mol. The molecule has 254 valence electrons. The number of allylic oxidation sites excluding steroid dienone is 2. The molecule has 2 saturated heterocycles. The Balaban J connectivity index is 1.42. The van der Waals surface area contributed by atoms with Crippen molar-refractivity contribution in [2.24, 2.45) is 17.8 Å². The number of phenols is 1. The molecule has 3 fully saturated rings. The number of hydrogen-bond acceptors (Lipinski definition) is 6. The minimum atomic E-state index is -2.76. The molecule has 3 aromatic carbocycles. The first kappa shape index (κ1) is 33.0. The van der Waals surface area contributed by atoms with Crippen molar-refractivity contribution in [1.29, 1.82) is 0 Å². The number of likely N-dealkylation sites (tertiary alicyclic amines) is 1. The molecule has 0 spiro atoms. The van der Waals surface area contributed by atoms with Crippen LogP contribution in [-0.2, 0) is 25.7 Å². The number of fused-ring (bicyclic) bond motifs is 4. The van der Waals surface area contributed by atoms with Gasteiger partial charge in [0.25, 0.3) is 11.8 Å². The molecule has 49 heavy (non-hydrogen) atoms. The van der Waals surface area contributed by atoms with Crippen LogP contribution in [0.3, 0.4) is 0 Å². The van der Waals surface area contributed by atoms with Gasteiger partial charge in [-0.05, 0) is 42.5 Å². The van der Waals surface area contributed by atoms with Gasteiger partial charge >= 0.3 is 0 Å². The smallest absolute Gasteiger partial charge is 0.258 e. The second-order valence-corrected chi connectivity index (χ2v) is 13.6. The summed E-state index contributed by atoms with van der Waals surface area (Å²) >= 11 is 14.2. The molecule has 7 rings (SSSR count). The fraction of sp³-hybridized carbons (Fsp3) is 0.294. The topological polar surface area (TPSA) is 104 Å². The first-order valence-electron chi connectivity index (χ1n) is 14.9. The normalized spacial score (nSPS) is 29.2. The number of alkyl halides is 2. The van der Waals surface area contributed by atoms with Crippen LogP contribution in [0.1, 0.15) is 29.9 Å². The fourth-order valence-electron chi connectivity index (χ4n) is 7.79. The third-order valence-electron chi connectivity index (χ3n) is 10.0. The summed E-state index contributed by atoms with van der Waals surface area (Å²) < 4.78 is 78.5. The molecule has 1 saturated carbocycles. The zero-order valence-electron chi connectivity index (χ0n) is 25.2. The zero-order chi connectivity index (χ0) is 35.3. The average molecular weight is 721 g/mol. The van der Waals surface area contributed by atoms with Crippen molar-refractivity contribution in [3.8, 4) is 11.5 Å². The van der Waals surface area contributed by atoms with Crippen molar-refractivity contribution >= 4 is 52.5 Å². The van der Waals surface area contributed by atoms with Gasteiger partial charge < -0.3 is 9.84 Å². The number of halogens is 7. The summed E-state index contributed by atoms with van der Waals surface area (Å²) in [5, 5.41) is 11.1. The Morgan fingerprint density at radius 1 is 0.857 bits per heavy atom. The van der Waals surface area contributed by atoms with Crippen molar-refractivity contribution in [3.05, 3.63) is 100 Å². The van der Waals surface area contributed by atoms with Crippen molar-refractivity contribution in [1.82, 2.24) is 4.90 Å². The zero-order valence-corrected chi connectivity index (χ0v) is 26.7. The van der Waals surface area contributed by atoms with E-state index in [0.717, 1.165) is 4.90 Å². The monoisotopic (exact) mass is 720 g/mol. The fourth-order valence-corrected chi connectivity index (χ4v) is 8.72. The molecule has 0 aromatic heterocycles. The summed E-state index contributed by atoms with van der Waals surface area (Å²) in [6.45, 7) is -0.0649. The maximum absolute atomic E-state index is 15.2. The molecule has 8 nitrogen and oxygen atoms in total. The van der Waals surface area contributed by atoms with Crippen LogP contribution >= 0.6 is 23.2 Å². The van der Waals surface area contributed by atoms with Crippen LogP contribution in [0, 0.1) is 46.8 Å². The predicted molar refractivity (Wildman–Crippen MR) is 163 cm³/mol. The number of ether oxygens (including phenoxy) is 1. The van der Waals surface area contributed by atoms with Crippen molar-refractivity contribution < 1.29 is 51.0 Å². The van der Waals surface area contributed by atoms with Gasteiger partial charge in [-0.15, -0.1) is 23.2 Å². The number of phenolic OH excluding ortho intramolecular Hbond substituents is 1. The van der Waals surface area contributed by atoms with E-state index in [9.17, 15) is 37.5 Å². The highest BCUT2D eigenvalue weighted by Crippen LogP contribution is 2.66. The number of carbonyl (C=O) groups excluding carboxylic acids is 4. The van der Waals surface area contributed by atoms with Crippen LogP contribution in [-0.4, -0.2) is 50.5 Å². The summed E-state index contributed by atoms with van der Waals surface area (Å²) in [6.07, 6.45) is 0.867. The van der Waals surface area contributed by atoms with E-state index < -0.39 is 104 Å². The largest absolute Gasteiger partial charge is 0.508 e. The molecular formula is C34H23Cl2F5N2O6. The quantitative estimate of drug-likeness (QED) is 0.0885. The van der Waals surface area contributed by atoms with Crippen molar-refractivity contribution in [2.45, 2.75) is 35.1 Å². The number of carbonyl (C=O) groups is 4. The van der Waals surface area contributed by atoms with Crippen LogP contribution in [0.25, 0.3) is 0 Å². The van der Waals surface area contributed by atoms with Crippen LogP contribution in [0.4, 0.5) is 27.6 Å². The molecule has 2 aliphatic carbocycles.